The van der Waals surface area contributed by atoms with Crippen LogP contribution in [0, 0.1) is 5.92 Å². The van der Waals surface area contributed by atoms with Gasteiger partial charge in [-0.3, -0.25) is 4.79 Å². The van der Waals surface area contributed by atoms with Gasteiger partial charge in [0.25, 0.3) is 0 Å². The highest BCUT2D eigenvalue weighted by molar-refractivity contribution is 7.66. The summed E-state index contributed by atoms with van der Waals surface area (Å²) in [6.45, 7) is 5.11. The topological polar surface area (TPSA) is 35.5 Å². The molecule has 0 saturated carbocycles. The minimum absolute atomic E-state index is 0.00799. The lowest BCUT2D eigenvalue weighted by Crippen LogP contribution is -2.12. The Morgan fingerprint density at radius 3 is 2.63 bits per heavy atom. The first-order chi connectivity index (χ1) is 13.1. The first-order valence-electron chi connectivity index (χ1n) is 9.45. The Hall–Kier alpha value is -1.57. The van der Waals surface area contributed by atoms with E-state index in [9.17, 15) is 4.79 Å². The molecule has 0 spiro atoms. The average molecular weight is 407 g/mol. The van der Waals surface area contributed by atoms with Crippen LogP contribution in [-0.4, -0.2) is 19.2 Å². The maximum atomic E-state index is 12.6. The lowest BCUT2D eigenvalue weighted by molar-refractivity contribution is 0.108. The van der Waals surface area contributed by atoms with Gasteiger partial charge in [-0.15, -0.1) is 0 Å². The van der Waals surface area contributed by atoms with Crippen molar-refractivity contribution in [2.75, 3.05) is 13.7 Å². The highest BCUT2D eigenvalue weighted by atomic mass is 35.5. The lowest BCUT2D eigenvalue weighted by Gasteiger charge is -2.16. The fourth-order valence-electron chi connectivity index (χ4n) is 2.82. The van der Waals surface area contributed by atoms with Crippen LogP contribution in [-0.2, 0) is 0 Å². The summed E-state index contributed by atoms with van der Waals surface area (Å²) in [6.07, 6.45) is 4.74. The Bertz CT molecular complexity index is 748. The molecule has 146 valence electrons. The largest absolute Gasteiger partial charge is 0.496 e. The predicted octanol–water partition coefficient (Wildman–Crippen LogP) is 6.09. The van der Waals surface area contributed by atoms with Crippen LogP contribution in [0.3, 0.4) is 0 Å². The second-order valence-electron chi connectivity index (χ2n) is 6.52. The highest BCUT2D eigenvalue weighted by Gasteiger charge is 2.15. The zero-order chi connectivity index (χ0) is 19.6. The lowest BCUT2D eigenvalue weighted by atomic mass is 10.0. The second kappa shape index (κ2) is 11.3. The molecule has 0 bridgehead atoms. The third-order valence-electron chi connectivity index (χ3n) is 4.57. The molecule has 0 amide bonds. The first-order valence-corrected chi connectivity index (χ1v) is 10.8. The fourth-order valence-corrected chi connectivity index (χ4v) is 4.08. The maximum Gasteiger partial charge on any atom is 0.189 e. The van der Waals surface area contributed by atoms with Crippen molar-refractivity contribution in [3.8, 4) is 11.5 Å². The van der Waals surface area contributed by atoms with E-state index in [1.165, 1.54) is 19.3 Å². The summed E-state index contributed by atoms with van der Waals surface area (Å²) in [5.74, 6) is 1.91. The van der Waals surface area contributed by atoms with E-state index < -0.39 is 0 Å². The zero-order valence-electron chi connectivity index (χ0n) is 16.3. The van der Waals surface area contributed by atoms with Crippen LogP contribution in [0.25, 0.3) is 0 Å². The number of methoxy groups -OCH3 is 1. The summed E-state index contributed by atoms with van der Waals surface area (Å²) < 4.78 is 11.2. The molecule has 2 aromatic carbocycles. The van der Waals surface area contributed by atoms with Crippen LogP contribution in [0.5, 0.6) is 11.5 Å². The van der Waals surface area contributed by atoms with Gasteiger partial charge in [0.05, 0.1) is 24.3 Å². The Morgan fingerprint density at radius 2 is 1.96 bits per heavy atom. The summed E-state index contributed by atoms with van der Waals surface area (Å²) in [7, 11) is 1.51. The van der Waals surface area contributed by atoms with Gasteiger partial charge in [0.15, 0.2) is 5.52 Å². The predicted molar refractivity (Wildman–Crippen MR) is 116 cm³/mol. The number of carbonyl (C=O) groups excluding carboxylic acids is 1. The minimum Gasteiger partial charge on any atom is -0.496 e. The number of hydrogen-bond acceptors (Lipinski definition) is 3. The quantitative estimate of drug-likeness (QED) is 0.424. The van der Waals surface area contributed by atoms with Crippen LogP contribution in [0.2, 0.25) is 5.02 Å². The number of rotatable bonds is 11. The van der Waals surface area contributed by atoms with E-state index in [-0.39, 0.29) is 14.1 Å². The molecule has 0 aliphatic carbocycles. The normalized spacial score (nSPS) is 12.3. The van der Waals surface area contributed by atoms with E-state index >= 15 is 0 Å². The number of halogens is 1. The molecule has 0 aromatic heterocycles. The molecule has 2 atom stereocenters. The summed E-state index contributed by atoms with van der Waals surface area (Å²) in [4.78, 5) is 12.6. The van der Waals surface area contributed by atoms with Crippen molar-refractivity contribution in [1.82, 2.24) is 0 Å². The molecule has 2 aromatic rings. The molecule has 0 fully saturated rings. The summed E-state index contributed by atoms with van der Waals surface area (Å²) in [6, 6.07) is 12.8. The number of carbonyl (C=O) groups is 1. The average Bonchev–Trinajstić information content (AvgIpc) is 2.69. The number of ether oxygens (including phenoxy) is 2. The Morgan fingerprint density at radius 1 is 1.19 bits per heavy atom. The van der Waals surface area contributed by atoms with Crippen molar-refractivity contribution in [3.05, 3.63) is 53.1 Å². The molecule has 0 radical (unpaired) electrons. The van der Waals surface area contributed by atoms with E-state index in [2.05, 4.69) is 13.8 Å². The highest BCUT2D eigenvalue weighted by Crippen LogP contribution is 2.29. The Kier molecular flexibility index (Phi) is 9.10. The van der Waals surface area contributed by atoms with Gasteiger partial charge >= 0.3 is 0 Å². The molecule has 2 unspecified atom stereocenters. The van der Waals surface area contributed by atoms with Crippen molar-refractivity contribution >= 4 is 31.0 Å². The smallest absolute Gasteiger partial charge is 0.189 e. The third-order valence-corrected chi connectivity index (χ3v) is 6.24. The van der Waals surface area contributed by atoms with Gasteiger partial charge in [0, 0.05) is 0 Å². The number of para-hydroxylation sites is 1. The number of unbranched alkanes of at least 4 members (excludes halogenated alkanes) is 1. The van der Waals surface area contributed by atoms with Gasteiger partial charge in [-0.25, -0.2) is 0 Å². The molecule has 0 saturated heterocycles. The van der Waals surface area contributed by atoms with Gasteiger partial charge in [-0.05, 0) is 56.6 Å². The van der Waals surface area contributed by atoms with Crippen LogP contribution < -0.4 is 14.8 Å². The summed E-state index contributed by atoms with van der Waals surface area (Å²) in [5.41, 5.74) is 0.588. The van der Waals surface area contributed by atoms with Crippen molar-refractivity contribution in [2.45, 2.75) is 39.5 Å². The third kappa shape index (κ3) is 6.52. The summed E-state index contributed by atoms with van der Waals surface area (Å²) >= 11 is 6.41. The van der Waals surface area contributed by atoms with Crippen molar-refractivity contribution in [3.63, 3.8) is 0 Å². The van der Waals surface area contributed by atoms with Crippen LogP contribution in [0.4, 0.5) is 0 Å². The summed E-state index contributed by atoms with van der Waals surface area (Å²) in [5, 5.41) is 1.38. The van der Waals surface area contributed by atoms with Crippen LogP contribution >= 0.6 is 20.2 Å². The van der Waals surface area contributed by atoms with E-state index in [0.29, 0.717) is 28.9 Å². The molecule has 5 heteroatoms. The van der Waals surface area contributed by atoms with E-state index in [4.69, 9.17) is 21.1 Å². The zero-order valence-corrected chi connectivity index (χ0v) is 18.0. The second-order valence-corrected chi connectivity index (χ2v) is 8.17. The van der Waals surface area contributed by atoms with Gasteiger partial charge in [0.2, 0.25) is 0 Å². The fraction of sp³-hybridized carbons (Fsp3) is 0.409. The SMILES string of the molecule is CCCCC(CC)COc1ccc(PC(=O)c2ccccc2OC)c(Cl)c1. The van der Waals surface area contributed by atoms with Gasteiger partial charge in [0.1, 0.15) is 11.5 Å². The van der Waals surface area contributed by atoms with Gasteiger partial charge in [-0.1, -0.05) is 56.8 Å². The van der Waals surface area contributed by atoms with Crippen molar-refractivity contribution < 1.29 is 14.3 Å². The van der Waals surface area contributed by atoms with E-state index in [0.717, 1.165) is 17.5 Å². The van der Waals surface area contributed by atoms with E-state index in [1.807, 2.05) is 30.3 Å². The van der Waals surface area contributed by atoms with Crippen molar-refractivity contribution in [1.29, 1.82) is 0 Å². The molecular weight excluding hydrogens is 379 g/mol. The molecule has 0 aliphatic heterocycles. The molecular formula is C22H28ClO3P. The van der Waals surface area contributed by atoms with E-state index in [1.54, 1.807) is 19.2 Å². The molecule has 0 N–H and O–H groups in total. The Balaban J connectivity index is 2.00. The van der Waals surface area contributed by atoms with Crippen LogP contribution in [0.1, 0.15) is 49.9 Å². The maximum absolute atomic E-state index is 12.6. The minimum atomic E-state index is -0.0587. The monoisotopic (exact) mass is 406 g/mol. The molecule has 3 nitrogen and oxygen atoms in total. The molecule has 0 heterocycles. The van der Waals surface area contributed by atoms with Gasteiger partial charge in [-0.2, -0.15) is 0 Å². The Labute approximate surface area is 169 Å². The number of benzene rings is 2. The number of hydrogen-bond donors (Lipinski definition) is 0. The first kappa shape index (κ1) is 21.7. The molecule has 0 aliphatic rings. The van der Waals surface area contributed by atoms with Crippen molar-refractivity contribution in [2.24, 2.45) is 5.92 Å². The molecule has 27 heavy (non-hydrogen) atoms. The van der Waals surface area contributed by atoms with Gasteiger partial charge < -0.3 is 9.47 Å². The van der Waals surface area contributed by atoms with Crippen LogP contribution in [0.15, 0.2) is 42.5 Å². The molecule has 2 rings (SSSR count). The standard InChI is InChI=1S/C22H28ClO3P/c1-4-6-9-16(5-2)15-26-17-12-13-21(19(23)14-17)27-22(24)18-10-7-8-11-20(18)25-3/h7-8,10-14,16,27H,4-6,9,15H2,1-3H3.